The van der Waals surface area contributed by atoms with Crippen LogP contribution in [0.1, 0.15) is 20.3 Å². The Kier molecular flexibility index (Phi) is 2.23. The molecule has 1 N–H and O–H groups in total. The molecule has 0 aliphatic heterocycles. The van der Waals surface area contributed by atoms with Crippen LogP contribution in [-0.4, -0.2) is 16.9 Å². The molecule has 1 rings (SSSR count). The Labute approximate surface area is 75.3 Å². The molecule has 0 bridgehead atoms. The van der Waals surface area contributed by atoms with Crippen LogP contribution >= 0.6 is 0 Å². The molecule has 3 atom stereocenters. The topological polar surface area (TPSA) is 20.2 Å². The lowest BCUT2D eigenvalue weighted by Crippen LogP contribution is -2.37. The molecule has 4 heteroatoms. The van der Waals surface area contributed by atoms with Gasteiger partial charge in [-0.2, -0.15) is 13.2 Å². The summed E-state index contributed by atoms with van der Waals surface area (Å²) in [5, 5.41) is 9.61. The van der Waals surface area contributed by atoms with Gasteiger partial charge in [-0.15, -0.1) is 0 Å². The van der Waals surface area contributed by atoms with Crippen molar-refractivity contribution >= 4 is 0 Å². The summed E-state index contributed by atoms with van der Waals surface area (Å²) in [4.78, 5) is 0. The average molecular weight is 194 g/mol. The Bertz CT molecular complexity index is 230. The summed E-state index contributed by atoms with van der Waals surface area (Å²) in [6.45, 7) is 5.93. The minimum atomic E-state index is -4.49. The number of hydrogen-bond acceptors (Lipinski definition) is 1. The van der Waals surface area contributed by atoms with E-state index in [1.54, 1.807) is 0 Å². The van der Waals surface area contributed by atoms with Crippen molar-refractivity contribution in [1.82, 2.24) is 0 Å². The summed E-state index contributed by atoms with van der Waals surface area (Å²) in [5.41, 5.74) is -2.83. The van der Waals surface area contributed by atoms with Crippen molar-refractivity contribution in [2.45, 2.75) is 32.0 Å². The Morgan fingerprint density at radius 1 is 1.46 bits per heavy atom. The van der Waals surface area contributed by atoms with Gasteiger partial charge in [0, 0.05) is 0 Å². The zero-order chi connectivity index (χ0) is 10.4. The van der Waals surface area contributed by atoms with Crippen molar-refractivity contribution in [1.29, 1.82) is 0 Å². The lowest BCUT2D eigenvalue weighted by Gasteiger charge is -2.27. The van der Waals surface area contributed by atoms with E-state index < -0.39 is 17.4 Å². The van der Waals surface area contributed by atoms with Gasteiger partial charge in [0.2, 0.25) is 0 Å². The van der Waals surface area contributed by atoms with Crippen molar-refractivity contribution in [2.75, 3.05) is 0 Å². The lowest BCUT2D eigenvalue weighted by atomic mass is 9.90. The first kappa shape index (κ1) is 10.6. The number of rotatable bonds is 2. The van der Waals surface area contributed by atoms with E-state index in [1.807, 2.05) is 6.92 Å². The molecule has 1 saturated carbocycles. The second-order valence-corrected chi connectivity index (χ2v) is 3.94. The zero-order valence-corrected chi connectivity index (χ0v) is 7.65. The largest absolute Gasteiger partial charge is 0.414 e. The second kappa shape index (κ2) is 2.74. The first-order valence-electron chi connectivity index (χ1n) is 4.16. The van der Waals surface area contributed by atoms with Crippen LogP contribution in [0.3, 0.4) is 0 Å². The summed E-state index contributed by atoms with van der Waals surface area (Å²) >= 11 is 0. The van der Waals surface area contributed by atoms with Gasteiger partial charge >= 0.3 is 6.18 Å². The molecule has 3 unspecified atom stereocenters. The maximum atomic E-state index is 12.2. The normalized spacial score (nSPS) is 32.5. The third kappa shape index (κ3) is 1.88. The van der Waals surface area contributed by atoms with E-state index in [9.17, 15) is 18.3 Å². The Balaban J connectivity index is 2.76. The number of hydrogen-bond donors (Lipinski definition) is 1. The maximum Gasteiger partial charge on any atom is 0.414 e. The highest BCUT2D eigenvalue weighted by atomic mass is 19.4. The fraction of sp³-hybridized carbons (Fsp3) is 0.778. The van der Waals surface area contributed by atoms with Gasteiger partial charge in [-0.05, 0) is 25.2 Å². The van der Waals surface area contributed by atoms with E-state index in [1.165, 1.54) is 6.92 Å². The molecular weight excluding hydrogens is 181 g/mol. The zero-order valence-electron chi connectivity index (χ0n) is 7.65. The molecule has 0 heterocycles. The van der Waals surface area contributed by atoms with Crippen molar-refractivity contribution < 1.29 is 18.3 Å². The van der Waals surface area contributed by atoms with Crippen molar-refractivity contribution in [3.63, 3.8) is 0 Å². The van der Waals surface area contributed by atoms with Gasteiger partial charge in [-0.3, -0.25) is 0 Å². The quantitative estimate of drug-likeness (QED) is 0.669. The molecule has 13 heavy (non-hydrogen) atoms. The molecule has 1 aliphatic carbocycles. The fourth-order valence-corrected chi connectivity index (χ4v) is 1.62. The molecule has 0 aromatic carbocycles. The summed E-state index contributed by atoms with van der Waals surface area (Å²) in [7, 11) is 0. The molecule has 0 amide bonds. The molecule has 1 fully saturated rings. The highest BCUT2D eigenvalue weighted by Crippen LogP contribution is 2.51. The summed E-state index contributed by atoms with van der Waals surface area (Å²) in [6, 6.07) is 0. The van der Waals surface area contributed by atoms with Gasteiger partial charge in [0.1, 0.15) is 0 Å². The van der Waals surface area contributed by atoms with Crippen molar-refractivity contribution in [2.24, 2.45) is 11.8 Å². The third-order valence-electron chi connectivity index (χ3n) is 2.78. The molecule has 0 spiro atoms. The summed E-state index contributed by atoms with van der Waals surface area (Å²) < 4.78 is 36.6. The molecule has 1 aliphatic rings. The first-order valence-corrected chi connectivity index (χ1v) is 4.16. The Hall–Kier alpha value is -0.510. The first-order chi connectivity index (χ1) is 5.67. The van der Waals surface area contributed by atoms with Gasteiger partial charge in [-0.25, -0.2) is 0 Å². The van der Waals surface area contributed by atoms with E-state index in [0.29, 0.717) is 6.42 Å². The van der Waals surface area contributed by atoms with E-state index in [4.69, 9.17) is 0 Å². The van der Waals surface area contributed by atoms with Crippen LogP contribution < -0.4 is 0 Å². The van der Waals surface area contributed by atoms with Gasteiger partial charge in [-0.1, -0.05) is 13.5 Å². The van der Waals surface area contributed by atoms with Crippen LogP contribution in [-0.2, 0) is 0 Å². The predicted molar refractivity (Wildman–Crippen MR) is 43.1 cm³/mol. The molecule has 0 aromatic heterocycles. The number of halogens is 3. The number of aliphatic hydroxyl groups is 1. The second-order valence-electron chi connectivity index (χ2n) is 3.94. The molecule has 0 aromatic rings. The van der Waals surface area contributed by atoms with E-state index in [0.717, 1.165) is 0 Å². The third-order valence-corrected chi connectivity index (χ3v) is 2.78. The average Bonchev–Trinajstić information content (AvgIpc) is 2.63. The van der Waals surface area contributed by atoms with Crippen molar-refractivity contribution in [3.8, 4) is 0 Å². The molecule has 1 nitrogen and oxygen atoms in total. The monoisotopic (exact) mass is 194 g/mol. The summed E-state index contributed by atoms with van der Waals surface area (Å²) in [6.07, 6.45) is -3.85. The Morgan fingerprint density at radius 2 is 1.85 bits per heavy atom. The van der Waals surface area contributed by atoms with Crippen LogP contribution in [0.2, 0.25) is 0 Å². The molecular formula is C9H13F3O. The maximum absolute atomic E-state index is 12.2. The van der Waals surface area contributed by atoms with Crippen LogP contribution in [0, 0.1) is 11.8 Å². The smallest absolute Gasteiger partial charge is 0.385 e. The molecule has 76 valence electrons. The minimum absolute atomic E-state index is 0.161. The van der Waals surface area contributed by atoms with Crippen LogP contribution in [0.15, 0.2) is 12.2 Å². The standard InChI is InChI=1S/C9H13F3O/c1-5-4-7(5)8(3,13)6(2)9(10,11)12/h5,7,13H,2,4H2,1,3H3. The highest BCUT2D eigenvalue weighted by molar-refractivity contribution is 5.21. The van der Waals surface area contributed by atoms with Gasteiger partial charge in [0.05, 0.1) is 11.2 Å². The van der Waals surface area contributed by atoms with Gasteiger partial charge in [0.25, 0.3) is 0 Å². The van der Waals surface area contributed by atoms with E-state index in [-0.39, 0.29) is 11.8 Å². The van der Waals surface area contributed by atoms with Crippen LogP contribution in [0.4, 0.5) is 13.2 Å². The van der Waals surface area contributed by atoms with E-state index in [2.05, 4.69) is 6.58 Å². The van der Waals surface area contributed by atoms with Crippen molar-refractivity contribution in [3.05, 3.63) is 12.2 Å². The Morgan fingerprint density at radius 3 is 2.08 bits per heavy atom. The van der Waals surface area contributed by atoms with Crippen LogP contribution in [0.5, 0.6) is 0 Å². The van der Waals surface area contributed by atoms with Crippen LogP contribution in [0.25, 0.3) is 0 Å². The SMILES string of the molecule is C=C(C(F)(F)F)C(C)(O)C1CC1C. The van der Waals surface area contributed by atoms with Gasteiger partial charge < -0.3 is 5.11 Å². The van der Waals surface area contributed by atoms with Gasteiger partial charge in [0.15, 0.2) is 0 Å². The summed E-state index contributed by atoms with van der Waals surface area (Å²) in [5.74, 6) is -0.129. The molecule has 0 saturated heterocycles. The highest BCUT2D eigenvalue weighted by Gasteiger charge is 2.54. The fourth-order valence-electron chi connectivity index (χ4n) is 1.62. The number of alkyl halides is 3. The molecule has 0 radical (unpaired) electrons. The van der Waals surface area contributed by atoms with E-state index >= 15 is 0 Å². The lowest BCUT2D eigenvalue weighted by molar-refractivity contribution is -0.121. The minimum Gasteiger partial charge on any atom is -0.385 e. The predicted octanol–water partition coefficient (Wildman–Crippen LogP) is 2.51.